The van der Waals surface area contributed by atoms with E-state index < -0.39 is 24.0 Å². The van der Waals surface area contributed by atoms with Crippen molar-refractivity contribution < 1.29 is 29.0 Å². The molecule has 11 nitrogen and oxygen atoms in total. The Labute approximate surface area is 236 Å². The summed E-state index contributed by atoms with van der Waals surface area (Å²) in [5, 5.41) is 14.6. The minimum Gasteiger partial charge on any atom is -0.488 e. The summed E-state index contributed by atoms with van der Waals surface area (Å²) in [6.45, 7) is 1.43. The van der Waals surface area contributed by atoms with Crippen molar-refractivity contribution in [2.45, 2.75) is 50.7 Å². The van der Waals surface area contributed by atoms with Crippen molar-refractivity contribution in [1.29, 1.82) is 0 Å². The Morgan fingerprint density at radius 3 is 2.65 bits per heavy atom. The van der Waals surface area contributed by atoms with Gasteiger partial charge in [-0.15, -0.1) is 11.3 Å². The van der Waals surface area contributed by atoms with Gasteiger partial charge in [-0.3, -0.25) is 19.4 Å². The number of carbonyl (C=O) groups excluding carboxylic acids is 3. The number of fused-ring (bicyclic) bond motifs is 1. The summed E-state index contributed by atoms with van der Waals surface area (Å²) in [5.41, 5.74) is 3.42. The van der Waals surface area contributed by atoms with Crippen molar-refractivity contribution in [1.82, 2.24) is 25.4 Å². The van der Waals surface area contributed by atoms with E-state index in [1.165, 1.54) is 11.3 Å². The number of carboxylic acid groups (broad SMARTS) is 1. The van der Waals surface area contributed by atoms with Gasteiger partial charge >= 0.3 is 6.09 Å². The molecule has 0 unspecified atom stereocenters. The molecule has 0 spiro atoms. The number of carbonyl (C=O) groups is 4. The van der Waals surface area contributed by atoms with Crippen LogP contribution in [0, 0.1) is 11.8 Å². The van der Waals surface area contributed by atoms with Gasteiger partial charge in [-0.2, -0.15) is 0 Å². The van der Waals surface area contributed by atoms with Gasteiger partial charge in [0, 0.05) is 50.5 Å². The molecule has 3 N–H and O–H groups in total. The van der Waals surface area contributed by atoms with Crippen LogP contribution in [0.1, 0.15) is 58.9 Å². The third kappa shape index (κ3) is 5.77. The van der Waals surface area contributed by atoms with Crippen LogP contribution < -0.4 is 15.4 Å². The lowest BCUT2D eigenvalue weighted by Crippen LogP contribution is -2.50. The second-order valence-corrected chi connectivity index (χ2v) is 11.5. The van der Waals surface area contributed by atoms with Gasteiger partial charge in [0.05, 0.1) is 24.3 Å². The predicted octanol–water partition coefficient (Wildman–Crippen LogP) is 2.68. The van der Waals surface area contributed by atoms with Crippen molar-refractivity contribution in [3.63, 3.8) is 0 Å². The first kappa shape index (κ1) is 27.9. The monoisotopic (exact) mass is 569 g/mol. The first-order valence-corrected chi connectivity index (χ1v) is 14.7. The standard InChI is InChI=1S/C28H35N5O6S/c1-29-25(34)19-6-2-3-7-20(19)26(35)33-12-9-17-5-4-8-22(24(17)21(33)13-31-28(37)38)39-18-10-11-32(15-18)27(36)23-14-30-16-40-23/h4-5,8,14,16,18-21,31H,2-3,6-7,9-13,15H2,1H3,(H,29,34)(H,37,38)/t18-,19-,20+,21+/m0/s1. The van der Waals surface area contributed by atoms with E-state index in [4.69, 9.17) is 4.74 Å². The van der Waals surface area contributed by atoms with E-state index in [1.807, 2.05) is 18.2 Å². The van der Waals surface area contributed by atoms with Crippen LogP contribution in [0.15, 0.2) is 29.9 Å². The Morgan fingerprint density at radius 2 is 1.93 bits per heavy atom. The fraction of sp³-hybridized carbons (Fsp3) is 0.536. The quantitative estimate of drug-likeness (QED) is 0.466. The predicted molar refractivity (Wildman–Crippen MR) is 147 cm³/mol. The van der Waals surface area contributed by atoms with Crippen LogP contribution in [-0.2, 0) is 16.0 Å². The number of nitrogens with zero attached hydrogens (tertiary/aromatic N) is 3. The molecule has 2 aromatic rings. The van der Waals surface area contributed by atoms with Gasteiger partial charge in [0.15, 0.2) is 0 Å². The maximum atomic E-state index is 14.0. The van der Waals surface area contributed by atoms with Crippen LogP contribution in [0.3, 0.4) is 0 Å². The highest BCUT2D eigenvalue weighted by molar-refractivity contribution is 7.11. The number of rotatable bonds is 7. The number of amides is 4. The maximum Gasteiger partial charge on any atom is 0.404 e. The average molecular weight is 570 g/mol. The van der Waals surface area contributed by atoms with Gasteiger partial charge in [-0.05, 0) is 30.9 Å². The highest BCUT2D eigenvalue weighted by Gasteiger charge is 2.42. The molecule has 3 aliphatic rings. The Bertz CT molecular complexity index is 1250. The number of ether oxygens (including phenoxy) is 1. The highest BCUT2D eigenvalue weighted by atomic mass is 32.1. The Balaban J connectivity index is 1.39. The molecule has 0 radical (unpaired) electrons. The first-order chi connectivity index (χ1) is 19.4. The number of nitrogens with one attached hydrogen (secondary N) is 2. The van der Waals surface area contributed by atoms with Crippen LogP contribution in [-0.4, -0.2) is 83.0 Å². The first-order valence-electron chi connectivity index (χ1n) is 13.8. The zero-order chi connectivity index (χ0) is 28.2. The number of hydrogen-bond donors (Lipinski definition) is 3. The molecule has 1 aromatic carbocycles. The molecule has 1 saturated carbocycles. The summed E-state index contributed by atoms with van der Waals surface area (Å²) in [6.07, 6.45) is 4.47. The minimum absolute atomic E-state index is 0.00641. The number of hydrogen-bond acceptors (Lipinski definition) is 7. The molecule has 4 atom stereocenters. The summed E-state index contributed by atoms with van der Waals surface area (Å²) in [7, 11) is 1.59. The fourth-order valence-corrected chi connectivity index (χ4v) is 6.89. The second kappa shape index (κ2) is 12.2. The summed E-state index contributed by atoms with van der Waals surface area (Å²) in [5.74, 6) is -0.561. The van der Waals surface area contributed by atoms with Gasteiger partial charge in [0.25, 0.3) is 5.91 Å². The molecule has 1 aromatic heterocycles. The highest BCUT2D eigenvalue weighted by Crippen LogP contribution is 2.40. The summed E-state index contributed by atoms with van der Waals surface area (Å²) < 4.78 is 6.48. The lowest BCUT2D eigenvalue weighted by molar-refractivity contribution is -0.146. The fourth-order valence-electron chi connectivity index (χ4n) is 6.31. The Kier molecular flexibility index (Phi) is 8.53. The molecule has 5 rings (SSSR count). The van der Waals surface area contributed by atoms with Gasteiger partial charge < -0.3 is 30.3 Å². The van der Waals surface area contributed by atoms with Crippen molar-refractivity contribution in [3.8, 4) is 5.75 Å². The second-order valence-electron chi connectivity index (χ2n) is 10.6. The minimum atomic E-state index is -1.17. The SMILES string of the molecule is CNC(=O)[C@H]1CCCC[C@H]1C(=O)N1CCc2cccc(O[C@H]3CCN(C(=O)c4cncs4)C3)c2[C@H]1CNC(=O)O. The molecule has 0 bridgehead atoms. The van der Waals surface area contributed by atoms with Crippen LogP contribution in [0.25, 0.3) is 0 Å². The van der Waals surface area contributed by atoms with Crippen molar-refractivity contribution in [2.24, 2.45) is 11.8 Å². The molecule has 1 saturated heterocycles. The largest absolute Gasteiger partial charge is 0.488 e. The molecule has 4 amide bonds. The van der Waals surface area contributed by atoms with E-state index in [0.717, 1.165) is 24.0 Å². The topological polar surface area (TPSA) is 141 Å². The van der Waals surface area contributed by atoms with Crippen molar-refractivity contribution in [3.05, 3.63) is 45.9 Å². The van der Waals surface area contributed by atoms with Gasteiger partial charge in [-0.1, -0.05) is 25.0 Å². The molecular weight excluding hydrogens is 534 g/mol. The molecule has 214 valence electrons. The smallest absolute Gasteiger partial charge is 0.404 e. The lowest BCUT2D eigenvalue weighted by atomic mass is 9.77. The molecule has 1 aliphatic carbocycles. The number of benzene rings is 1. The summed E-state index contributed by atoms with van der Waals surface area (Å²) >= 11 is 1.31. The van der Waals surface area contributed by atoms with E-state index in [9.17, 15) is 24.3 Å². The van der Waals surface area contributed by atoms with Crippen LogP contribution >= 0.6 is 11.3 Å². The van der Waals surface area contributed by atoms with Gasteiger partial charge in [0.1, 0.15) is 16.7 Å². The number of likely N-dealkylation sites (tertiary alicyclic amines) is 1. The maximum absolute atomic E-state index is 14.0. The molecule has 40 heavy (non-hydrogen) atoms. The average Bonchev–Trinajstić information content (AvgIpc) is 3.68. The zero-order valence-corrected chi connectivity index (χ0v) is 23.3. The molecule has 2 aliphatic heterocycles. The third-order valence-electron chi connectivity index (χ3n) is 8.25. The van der Waals surface area contributed by atoms with Crippen LogP contribution in [0.2, 0.25) is 0 Å². The molecule has 3 heterocycles. The van der Waals surface area contributed by atoms with Crippen LogP contribution in [0.4, 0.5) is 4.79 Å². The van der Waals surface area contributed by atoms with Gasteiger partial charge in [0.2, 0.25) is 11.8 Å². The van der Waals surface area contributed by atoms with E-state index in [0.29, 0.717) is 55.9 Å². The third-order valence-corrected chi connectivity index (χ3v) is 9.01. The van der Waals surface area contributed by atoms with E-state index in [-0.39, 0.29) is 30.4 Å². The van der Waals surface area contributed by atoms with Crippen LogP contribution in [0.5, 0.6) is 5.75 Å². The molecular formula is C28H35N5O6S. The Morgan fingerprint density at radius 1 is 1.12 bits per heavy atom. The summed E-state index contributed by atoms with van der Waals surface area (Å²) in [6, 6.07) is 5.17. The number of aromatic nitrogens is 1. The number of thiazole rings is 1. The molecule has 2 fully saturated rings. The van der Waals surface area contributed by atoms with Gasteiger partial charge in [-0.25, -0.2) is 4.79 Å². The lowest BCUT2D eigenvalue weighted by Gasteiger charge is -2.42. The van der Waals surface area contributed by atoms with Crippen molar-refractivity contribution >= 4 is 35.2 Å². The van der Waals surface area contributed by atoms with E-state index in [1.54, 1.807) is 28.6 Å². The van der Waals surface area contributed by atoms with E-state index in [2.05, 4.69) is 15.6 Å². The van der Waals surface area contributed by atoms with Crippen molar-refractivity contribution in [2.75, 3.05) is 33.2 Å². The van der Waals surface area contributed by atoms with E-state index >= 15 is 0 Å². The summed E-state index contributed by atoms with van der Waals surface area (Å²) in [4.78, 5) is 59.1. The molecule has 12 heteroatoms. The normalized spacial score (nSPS) is 24.2. The zero-order valence-electron chi connectivity index (χ0n) is 22.5. The Hall–Kier alpha value is -3.67.